The van der Waals surface area contributed by atoms with Gasteiger partial charge in [0.25, 0.3) is 0 Å². The molecule has 2 heterocycles. The van der Waals surface area contributed by atoms with Crippen molar-refractivity contribution in [1.29, 1.82) is 0 Å². The molecule has 0 amide bonds. The highest BCUT2D eigenvalue weighted by atomic mass is 32.1. The summed E-state index contributed by atoms with van der Waals surface area (Å²) in [5, 5.41) is 4.68. The zero-order chi connectivity index (χ0) is 11.4. The van der Waals surface area contributed by atoms with E-state index >= 15 is 0 Å². The van der Waals surface area contributed by atoms with Crippen molar-refractivity contribution >= 4 is 22.7 Å². The number of aryl methyl sites for hydroxylation is 2. The van der Waals surface area contributed by atoms with Crippen molar-refractivity contribution in [3.63, 3.8) is 0 Å². The van der Waals surface area contributed by atoms with E-state index in [0.717, 1.165) is 19.5 Å². The first-order valence-electron chi connectivity index (χ1n) is 5.47. The van der Waals surface area contributed by atoms with Gasteiger partial charge in [-0.25, -0.2) is 4.98 Å². The van der Waals surface area contributed by atoms with Crippen LogP contribution in [0.4, 0.5) is 0 Å². The Balaban J connectivity index is 1.79. The number of hydrogen-bond donors (Lipinski definition) is 1. The predicted molar refractivity (Wildman–Crippen MR) is 71.1 cm³/mol. The Hall–Kier alpha value is -0.710. The Bertz CT molecular complexity index is 445. The largest absolute Gasteiger partial charge is 0.307 e. The maximum Gasteiger partial charge on any atom is 0.0925 e. The molecule has 1 N–H and O–H groups in total. The molecule has 0 atom stereocenters. The van der Waals surface area contributed by atoms with E-state index in [9.17, 15) is 0 Å². The van der Waals surface area contributed by atoms with Gasteiger partial charge in [-0.3, -0.25) is 0 Å². The van der Waals surface area contributed by atoms with Crippen LogP contribution >= 0.6 is 22.7 Å². The number of thiazole rings is 1. The Morgan fingerprint density at radius 3 is 2.62 bits per heavy atom. The van der Waals surface area contributed by atoms with Crippen molar-refractivity contribution in [2.75, 3.05) is 0 Å². The highest BCUT2D eigenvalue weighted by Gasteiger charge is 2.00. The van der Waals surface area contributed by atoms with Crippen molar-refractivity contribution in [2.24, 2.45) is 0 Å². The van der Waals surface area contributed by atoms with Gasteiger partial charge in [-0.05, 0) is 25.5 Å². The zero-order valence-corrected chi connectivity index (χ0v) is 11.3. The summed E-state index contributed by atoms with van der Waals surface area (Å²) in [6, 6.07) is 4.36. The highest BCUT2D eigenvalue weighted by Crippen LogP contribution is 2.16. The lowest BCUT2D eigenvalue weighted by molar-refractivity contribution is 0.708. The van der Waals surface area contributed by atoms with Gasteiger partial charge in [-0.1, -0.05) is 6.92 Å². The van der Waals surface area contributed by atoms with Crippen LogP contribution in [0.25, 0.3) is 0 Å². The molecule has 0 radical (unpaired) electrons. The average molecular weight is 252 g/mol. The fraction of sp³-hybridized carbons (Fsp3) is 0.417. The normalized spacial score (nSPS) is 10.9. The molecule has 2 aromatic rings. The Labute approximate surface area is 104 Å². The molecule has 0 saturated heterocycles. The fourth-order valence-corrected chi connectivity index (χ4v) is 3.17. The third kappa shape index (κ3) is 3.14. The van der Waals surface area contributed by atoms with Gasteiger partial charge in [0.1, 0.15) is 0 Å². The van der Waals surface area contributed by atoms with E-state index in [4.69, 9.17) is 0 Å². The first kappa shape index (κ1) is 11.8. The molecule has 2 rings (SSSR count). The minimum atomic E-state index is 0.925. The molecule has 0 bridgehead atoms. The van der Waals surface area contributed by atoms with Crippen LogP contribution in [0.15, 0.2) is 18.3 Å². The van der Waals surface area contributed by atoms with Crippen molar-refractivity contribution in [3.8, 4) is 0 Å². The van der Waals surface area contributed by atoms with Crippen molar-refractivity contribution in [1.82, 2.24) is 10.3 Å². The summed E-state index contributed by atoms with van der Waals surface area (Å²) in [6.07, 6.45) is 3.02. The van der Waals surface area contributed by atoms with Gasteiger partial charge in [0.05, 0.1) is 5.01 Å². The van der Waals surface area contributed by atoms with E-state index in [1.165, 1.54) is 19.6 Å². The first-order valence-corrected chi connectivity index (χ1v) is 7.11. The van der Waals surface area contributed by atoms with Gasteiger partial charge in [-0.15, -0.1) is 22.7 Å². The number of nitrogens with zero attached hydrogens (tertiary/aromatic N) is 1. The van der Waals surface area contributed by atoms with E-state index in [2.05, 4.69) is 36.3 Å². The highest BCUT2D eigenvalue weighted by molar-refractivity contribution is 7.12. The molecule has 0 aliphatic carbocycles. The quantitative estimate of drug-likeness (QED) is 0.882. The second-order valence-corrected chi connectivity index (χ2v) is 6.26. The van der Waals surface area contributed by atoms with Gasteiger partial charge >= 0.3 is 0 Å². The zero-order valence-electron chi connectivity index (χ0n) is 9.62. The predicted octanol–water partition coefficient (Wildman–Crippen LogP) is 3.37. The maximum atomic E-state index is 4.35. The number of aromatic nitrogens is 1. The van der Waals surface area contributed by atoms with Gasteiger partial charge in [-0.2, -0.15) is 0 Å². The number of thiophene rings is 1. The molecular formula is C12H16N2S2. The van der Waals surface area contributed by atoms with Crippen LogP contribution in [0, 0.1) is 6.92 Å². The molecule has 0 aliphatic heterocycles. The summed E-state index contributed by atoms with van der Waals surface area (Å²) in [5.41, 5.74) is 0. The summed E-state index contributed by atoms with van der Waals surface area (Å²) >= 11 is 3.66. The van der Waals surface area contributed by atoms with E-state index < -0.39 is 0 Å². The molecule has 16 heavy (non-hydrogen) atoms. The summed E-state index contributed by atoms with van der Waals surface area (Å²) in [7, 11) is 0. The SMILES string of the molecule is CCc1ncc(CNCc2ccc(C)s2)s1. The van der Waals surface area contributed by atoms with Crippen LogP contribution in [-0.4, -0.2) is 4.98 Å². The second kappa shape index (κ2) is 5.57. The minimum Gasteiger partial charge on any atom is -0.307 e. The average Bonchev–Trinajstić information content (AvgIpc) is 2.88. The van der Waals surface area contributed by atoms with E-state index in [1.54, 1.807) is 11.3 Å². The molecule has 0 unspecified atom stereocenters. The van der Waals surface area contributed by atoms with E-state index in [0.29, 0.717) is 0 Å². The van der Waals surface area contributed by atoms with Crippen LogP contribution in [0.3, 0.4) is 0 Å². The molecule has 0 spiro atoms. The molecule has 4 heteroatoms. The molecule has 0 fully saturated rings. The Kier molecular flexibility index (Phi) is 4.09. The smallest absolute Gasteiger partial charge is 0.0925 e. The minimum absolute atomic E-state index is 0.925. The van der Waals surface area contributed by atoms with E-state index in [1.807, 2.05) is 17.5 Å². The van der Waals surface area contributed by atoms with E-state index in [-0.39, 0.29) is 0 Å². The Morgan fingerprint density at radius 1 is 1.19 bits per heavy atom. The first-order chi connectivity index (χ1) is 7.78. The topological polar surface area (TPSA) is 24.9 Å². The third-order valence-corrected chi connectivity index (χ3v) is 4.44. The summed E-state index contributed by atoms with van der Waals surface area (Å²) < 4.78 is 0. The van der Waals surface area contributed by atoms with Crippen molar-refractivity contribution < 1.29 is 0 Å². The summed E-state index contributed by atoms with van der Waals surface area (Å²) in [6.45, 7) is 6.17. The summed E-state index contributed by atoms with van der Waals surface area (Å²) in [4.78, 5) is 8.45. The van der Waals surface area contributed by atoms with Gasteiger partial charge in [0.15, 0.2) is 0 Å². The lowest BCUT2D eigenvalue weighted by Crippen LogP contribution is -2.10. The Morgan fingerprint density at radius 2 is 2.00 bits per heavy atom. The third-order valence-electron chi connectivity index (χ3n) is 2.30. The monoisotopic (exact) mass is 252 g/mol. The molecule has 0 aromatic carbocycles. The molecule has 0 saturated carbocycles. The standard InChI is InChI=1S/C12H16N2S2/c1-3-12-14-8-11(16-12)7-13-6-10-5-4-9(2)15-10/h4-5,8,13H,3,6-7H2,1-2H3. The van der Waals surface area contributed by atoms with Gasteiger partial charge in [0.2, 0.25) is 0 Å². The van der Waals surface area contributed by atoms with Crippen LogP contribution < -0.4 is 5.32 Å². The molecule has 2 nitrogen and oxygen atoms in total. The van der Waals surface area contributed by atoms with Gasteiger partial charge < -0.3 is 5.32 Å². The fourth-order valence-electron chi connectivity index (χ4n) is 1.48. The van der Waals surface area contributed by atoms with Crippen LogP contribution in [-0.2, 0) is 19.5 Å². The number of nitrogens with one attached hydrogen (secondary N) is 1. The van der Waals surface area contributed by atoms with Gasteiger partial charge in [0, 0.05) is 33.9 Å². The lowest BCUT2D eigenvalue weighted by atomic mass is 10.4. The van der Waals surface area contributed by atoms with Crippen LogP contribution in [0.1, 0.15) is 26.6 Å². The summed E-state index contributed by atoms with van der Waals surface area (Å²) in [5.74, 6) is 0. The number of hydrogen-bond acceptors (Lipinski definition) is 4. The van der Waals surface area contributed by atoms with Crippen molar-refractivity contribution in [3.05, 3.63) is 38.0 Å². The molecule has 86 valence electrons. The molecule has 0 aliphatic rings. The van der Waals surface area contributed by atoms with Crippen LogP contribution in [0.2, 0.25) is 0 Å². The second-order valence-electron chi connectivity index (χ2n) is 3.69. The maximum absolute atomic E-state index is 4.35. The molecule has 2 aromatic heterocycles. The lowest BCUT2D eigenvalue weighted by Gasteiger charge is -1.99. The number of rotatable bonds is 5. The van der Waals surface area contributed by atoms with Crippen molar-refractivity contribution in [2.45, 2.75) is 33.4 Å². The van der Waals surface area contributed by atoms with Crippen LogP contribution in [0.5, 0.6) is 0 Å². The molecular weight excluding hydrogens is 236 g/mol.